The van der Waals surface area contributed by atoms with E-state index in [1.165, 1.54) is 16.7 Å². The van der Waals surface area contributed by atoms with Crippen molar-refractivity contribution in [2.45, 2.75) is 77.5 Å². The van der Waals surface area contributed by atoms with Gasteiger partial charge in [-0.05, 0) is 117 Å². The molecule has 322 valence electrons. The number of para-hydroxylation sites is 2. The van der Waals surface area contributed by atoms with E-state index in [9.17, 15) is 7.85 Å². The van der Waals surface area contributed by atoms with Gasteiger partial charge in [0.25, 0.3) is 0 Å². The molecule has 1 aliphatic rings. The van der Waals surface area contributed by atoms with Crippen LogP contribution in [0.1, 0.15) is 85.3 Å². The number of aromatic hydroxyl groups is 1. The maximum Gasteiger partial charge on any atom is 0.149 e. The molecule has 1 saturated carbocycles. The van der Waals surface area contributed by atoms with Crippen LogP contribution in [0.3, 0.4) is 0 Å². The minimum atomic E-state index is -1.47. The number of imidazole rings is 1. The van der Waals surface area contributed by atoms with Crippen molar-refractivity contribution in [2.24, 2.45) is 5.92 Å². The lowest BCUT2D eigenvalue weighted by molar-refractivity contribution is 0.477. The summed E-state index contributed by atoms with van der Waals surface area (Å²) in [7, 11) is 0. The molecule has 65 heavy (non-hydrogen) atoms. The van der Waals surface area contributed by atoms with Crippen molar-refractivity contribution in [1.82, 2.24) is 14.5 Å². The van der Waals surface area contributed by atoms with Gasteiger partial charge >= 0.3 is 0 Å². The van der Waals surface area contributed by atoms with E-state index in [2.05, 4.69) is 161 Å². The molecule has 2 aromatic heterocycles. The fraction of sp³-hybridized carbons (Fsp3) is 0.213. The van der Waals surface area contributed by atoms with Crippen LogP contribution in [0.2, 0.25) is 0 Å². The van der Waals surface area contributed by atoms with Crippen molar-refractivity contribution in [3.05, 3.63) is 204 Å². The Morgan fingerprint density at radius 2 is 1.25 bits per heavy atom. The minimum absolute atomic E-state index is 0.0220. The normalized spacial score (nSPS) is 14.1. The number of phenolic OH excluding ortho intramolecular Hbond substituents is 1. The highest BCUT2D eigenvalue weighted by Gasteiger charge is 2.26. The van der Waals surface area contributed by atoms with E-state index >= 15 is 0 Å². The zero-order chi connectivity index (χ0) is 46.5. The molecule has 1 fully saturated rings. The average Bonchev–Trinajstić information content (AvgIpc) is 4.04. The highest BCUT2D eigenvalue weighted by molar-refractivity contribution is 5.97. The highest BCUT2D eigenvalue weighted by Crippen LogP contribution is 2.42. The largest absolute Gasteiger partial charge is 0.507 e. The van der Waals surface area contributed by atoms with Crippen LogP contribution in [0, 0.1) is 5.92 Å². The Morgan fingerprint density at radius 3 is 1.98 bits per heavy atom. The summed E-state index contributed by atoms with van der Waals surface area (Å²) in [5, 5.41) is 11.5. The first-order valence-corrected chi connectivity index (χ1v) is 23.1. The van der Waals surface area contributed by atoms with Gasteiger partial charge in [0.2, 0.25) is 0 Å². The molecule has 10 rings (SSSR count). The monoisotopic (exact) mass is 849 g/mol. The van der Waals surface area contributed by atoms with E-state index in [0.717, 1.165) is 87.0 Å². The predicted octanol–water partition coefficient (Wildman–Crippen LogP) is 15.8. The number of benzene rings is 7. The second kappa shape index (κ2) is 17.2. The van der Waals surface area contributed by atoms with E-state index in [1.54, 1.807) is 6.07 Å². The Kier molecular flexibility index (Phi) is 10.4. The van der Waals surface area contributed by atoms with E-state index < -0.39 is 6.37 Å². The third-order valence-electron chi connectivity index (χ3n) is 13.5. The number of rotatable bonds is 10. The van der Waals surface area contributed by atoms with Crippen molar-refractivity contribution in [3.8, 4) is 67.5 Å². The third kappa shape index (κ3) is 8.30. The Labute approximate surface area is 387 Å². The first-order valence-electron chi connectivity index (χ1n) is 24.1. The maximum absolute atomic E-state index is 11.5. The number of hydrogen-bond acceptors (Lipinski definition) is 3. The molecule has 0 spiro atoms. The lowest BCUT2D eigenvalue weighted by Crippen LogP contribution is -2.18. The van der Waals surface area contributed by atoms with Crippen LogP contribution in [0.5, 0.6) is 5.75 Å². The fourth-order valence-corrected chi connectivity index (χ4v) is 9.63. The molecule has 0 saturated heterocycles. The molecule has 0 bridgehead atoms. The molecule has 4 nitrogen and oxygen atoms in total. The smallest absolute Gasteiger partial charge is 0.149 e. The molecule has 0 atom stereocenters. The van der Waals surface area contributed by atoms with E-state index in [1.807, 2.05) is 54.7 Å². The van der Waals surface area contributed by atoms with Crippen LogP contribution < -0.4 is 0 Å². The van der Waals surface area contributed by atoms with Gasteiger partial charge in [-0.2, -0.15) is 0 Å². The molecule has 1 aliphatic carbocycles. The Hall–Kier alpha value is -7.04. The van der Waals surface area contributed by atoms with Crippen LogP contribution in [0.4, 0.5) is 0 Å². The predicted molar refractivity (Wildman–Crippen MR) is 271 cm³/mol. The van der Waals surface area contributed by atoms with Crippen LogP contribution in [-0.4, -0.2) is 19.6 Å². The van der Waals surface area contributed by atoms with E-state index in [0.29, 0.717) is 17.0 Å². The summed E-state index contributed by atoms with van der Waals surface area (Å²) in [6.07, 6.45) is 4.34. The lowest BCUT2D eigenvalue weighted by atomic mass is 9.78. The van der Waals surface area contributed by atoms with Crippen molar-refractivity contribution < 1.29 is 7.85 Å². The number of pyridine rings is 1. The minimum Gasteiger partial charge on any atom is -0.507 e. The van der Waals surface area contributed by atoms with E-state index in [-0.39, 0.29) is 22.5 Å². The van der Waals surface area contributed by atoms with Crippen LogP contribution >= 0.6 is 0 Å². The van der Waals surface area contributed by atoms with Gasteiger partial charge < -0.3 is 5.11 Å². The number of fused-ring (bicyclic) bond motifs is 1. The summed E-state index contributed by atoms with van der Waals surface area (Å²) < 4.78 is 20.9. The van der Waals surface area contributed by atoms with Gasteiger partial charge in [-0.1, -0.05) is 182 Å². The quantitative estimate of drug-likeness (QED) is 0.149. The standard InChI is InChI=1S/C61H57N3O/c1-60(2,3)50-38-46(37-47(39-50)54-40-45(33-34-62-54)43-28-30-49(31-29-43)61(4,5)48-21-10-7-11-22-48)51-24-16-25-56-58(51)63-59(52-23-14-15-26-57(52)65)64(56)55-32-27-42(35-41-17-12-13-18-41)36-53(55)44-19-8-6-9-20-44/h6-11,14-16,19-34,36-41,65H,12-13,17-18,35H2,1-5H3/i35D2. The van der Waals surface area contributed by atoms with Gasteiger partial charge in [0.15, 0.2) is 0 Å². The zero-order valence-electron chi connectivity index (χ0n) is 40.0. The van der Waals surface area contributed by atoms with Gasteiger partial charge in [-0.25, -0.2) is 4.98 Å². The first-order chi connectivity index (χ1) is 32.3. The second-order valence-electron chi connectivity index (χ2n) is 19.2. The summed E-state index contributed by atoms with van der Waals surface area (Å²) in [5.41, 5.74) is 15.2. The lowest BCUT2D eigenvalue weighted by Gasteiger charge is -2.26. The first kappa shape index (κ1) is 39.5. The molecule has 0 unspecified atom stereocenters. The van der Waals surface area contributed by atoms with Crippen molar-refractivity contribution in [1.29, 1.82) is 0 Å². The summed E-state index contributed by atoms with van der Waals surface area (Å²) in [5.74, 6) is 0.712. The number of phenols is 1. The third-order valence-corrected chi connectivity index (χ3v) is 13.5. The van der Waals surface area contributed by atoms with Crippen molar-refractivity contribution >= 4 is 11.0 Å². The average molecular weight is 850 g/mol. The zero-order valence-corrected chi connectivity index (χ0v) is 38.0. The molecule has 9 aromatic rings. The summed E-state index contributed by atoms with van der Waals surface area (Å²) in [4.78, 5) is 10.4. The molecule has 4 heteroatoms. The number of aromatic nitrogens is 3. The molecule has 1 N–H and O–H groups in total. The summed E-state index contributed by atoms with van der Waals surface area (Å²) >= 11 is 0. The number of nitrogens with zero attached hydrogens (tertiary/aromatic N) is 3. The molecule has 0 radical (unpaired) electrons. The summed E-state index contributed by atoms with van der Waals surface area (Å²) in [6, 6.07) is 60.7. The summed E-state index contributed by atoms with van der Waals surface area (Å²) in [6.45, 7) is 11.3. The van der Waals surface area contributed by atoms with Gasteiger partial charge in [-0.15, -0.1) is 0 Å². The molecule has 0 aliphatic heterocycles. The molecule has 2 heterocycles. The number of hydrogen-bond donors (Lipinski definition) is 1. The second-order valence-corrected chi connectivity index (χ2v) is 19.2. The molecular weight excluding hydrogens is 791 g/mol. The van der Waals surface area contributed by atoms with E-state index in [4.69, 9.17) is 9.97 Å². The molecule has 7 aromatic carbocycles. The van der Waals surface area contributed by atoms with Crippen molar-refractivity contribution in [2.75, 3.05) is 0 Å². The van der Waals surface area contributed by atoms with Crippen LogP contribution in [0.25, 0.3) is 72.7 Å². The molecule has 0 amide bonds. The SMILES string of the molecule is [2H]C([2H])(c1ccc(-n2c(-c3ccccc3O)nc3c(-c4cc(-c5cc(-c6ccc(C(C)(C)c7ccccc7)cc6)ccn5)cc(C(C)(C)C)c4)cccc32)c(-c2ccccc2)c1)C1CCCC1. The fourth-order valence-electron chi connectivity index (χ4n) is 9.63. The van der Waals surface area contributed by atoms with Crippen LogP contribution in [-0.2, 0) is 17.2 Å². The van der Waals surface area contributed by atoms with Gasteiger partial charge in [0, 0.05) is 31.0 Å². The van der Waals surface area contributed by atoms with Crippen LogP contribution in [0.15, 0.2) is 182 Å². The topological polar surface area (TPSA) is 50.9 Å². The molecular formula is C61H57N3O. The Morgan fingerprint density at radius 1 is 0.569 bits per heavy atom. The van der Waals surface area contributed by atoms with Crippen molar-refractivity contribution in [3.63, 3.8) is 0 Å². The Balaban J connectivity index is 1.12. The van der Waals surface area contributed by atoms with Gasteiger partial charge in [0.1, 0.15) is 11.6 Å². The Bertz CT molecular complexity index is 3230. The van der Waals surface area contributed by atoms with Gasteiger partial charge in [0.05, 0.1) is 28.0 Å². The van der Waals surface area contributed by atoms with Gasteiger partial charge in [-0.3, -0.25) is 9.55 Å². The highest BCUT2D eigenvalue weighted by atomic mass is 16.3. The maximum atomic E-state index is 11.5.